The number of ether oxygens (including phenoxy) is 2. The number of carbonyl (C=O) groups is 2. The van der Waals surface area contributed by atoms with E-state index in [-0.39, 0.29) is 12.5 Å². The van der Waals surface area contributed by atoms with Gasteiger partial charge in [-0.1, -0.05) is 72.8 Å². The van der Waals surface area contributed by atoms with E-state index in [4.69, 9.17) is 33.3 Å². The van der Waals surface area contributed by atoms with Crippen molar-refractivity contribution < 1.29 is 19.1 Å². The van der Waals surface area contributed by atoms with Crippen molar-refractivity contribution in [1.82, 2.24) is 4.90 Å². The molecule has 5 nitrogen and oxygen atoms in total. The number of carbonyl (C=O) groups excluding carboxylic acids is 2. The number of hydrogen-bond acceptors (Lipinski definition) is 6. The van der Waals surface area contributed by atoms with Gasteiger partial charge in [0.15, 0.2) is 0 Å². The molecule has 1 heterocycles. The summed E-state index contributed by atoms with van der Waals surface area (Å²) in [6.07, 6.45) is 2.47. The molecule has 1 saturated heterocycles. The van der Waals surface area contributed by atoms with Crippen LogP contribution in [-0.4, -0.2) is 34.2 Å². The number of benzene rings is 2. The molecule has 156 valence electrons. The van der Waals surface area contributed by atoms with E-state index in [1.54, 1.807) is 6.08 Å². The summed E-state index contributed by atoms with van der Waals surface area (Å²) < 4.78 is 11.2. The van der Waals surface area contributed by atoms with E-state index in [2.05, 4.69) is 0 Å². The molecule has 1 fully saturated rings. The molecule has 0 aliphatic carbocycles. The molecule has 1 aliphatic rings. The minimum absolute atomic E-state index is 0.170. The summed E-state index contributed by atoms with van der Waals surface area (Å²) in [6.45, 7) is 2.43. The van der Waals surface area contributed by atoms with Crippen molar-refractivity contribution in [2.45, 2.75) is 20.0 Å². The van der Waals surface area contributed by atoms with Crippen LogP contribution in [0.5, 0.6) is 5.75 Å². The van der Waals surface area contributed by atoms with Crippen LogP contribution < -0.4 is 4.74 Å². The average Bonchev–Trinajstić information content (AvgIpc) is 3.00. The first-order valence-electron chi connectivity index (χ1n) is 9.35. The molecule has 0 N–H and O–H groups in total. The number of thioether (sulfide) groups is 1. The van der Waals surface area contributed by atoms with Crippen LogP contribution in [0.1, 0.15) is 24.5 Å². The Morgan fingerprint density at radius 3 is 2.63 bits per heavy atom. The van der Waals surface area contributed by atoms with E-state index in [9.17, 15) is 9.59 Å². The van der Waals surface area contributed by atoms with Crippen molar-refractivity contribution in [1.29, 1.82) is 0 Å². The van der Waals surface area contributed by atoms with Crippen molar-refractivity contribution in [3.8, 4) is 5.75 Å². The number of rotatable bonds is 8. The molecule has 30 heavy (non-hydrogen) atoms. The minimum Gasteiger partial charge on any atom is -0.489 e. The van der Waals surface area contributed by atoms with E-state index in [0.717, 1.165) is 17.5 Å². The van der Waals surface area contributed by atoms with Crippen LogP contribution >= 0.6 is 35.6 Å². The molecule has 1 amide bonds. The molecule has 8 heteroatoms. The van der Waals surface area contributed by atoms with Gasteiger partial charge in [-0.15, -0.1) is 0 Å². The second-order valence-electron chi connectivity index (χ2n) is 6.44. The predicted octanol–water partition coefficient (Wildman–Crippen LogP) is 5.07. The topological polar surface area (TPSA) is 55.8 Å². The number of hydrogen-bond donors (Lipinski definition) is 0. The first-order valence-corrected chi connectivity index (χ1v) is 11.0. The number of amides is 1. The Labute approximate surface area is 190 Å². The first kappa shape index (κ1) is 22.3. The van der Waals surface area contributed by atoms with E-state index in [1.807, 2.05) is 55.5 Å². The fraction of sp³-hybridized carbons (Fsp3) is 0.227. The van der Waals surface area contributed by atoms with Crippen LogP contribution in [0, 0.1) is 0 Å². The van der Waals surface area contributed by atoms with Gasteiger partial charge in [-0.2, -0.15) is 0 Å². The minimum atomic E-state index is -0.463. The van der Waals surface area contributed by atoms with Crippen molar-refractivity contribution in [3.63, 3.8) is 0 Å². The Hall–Kier alpha value is -2.35. The summed E-state index contributed by atoms with van der Waals surface area (Å²) in [5, 5.41) is 0.662. The summed E-state index contributed by atoms with van der Waals surface area (Å²) in [5.74, 6) is -0.0646. The van der Waals surface area contributed by atoms with Gasteiger partial charge in [0.1, 0.15) is 23.2 Å². The van der Waals surface area contributed by atoms with Crippen LogP contribution in [0.25, 0.3) is 6.08 Å². The summed E-state index contributed by atoms with van der Waals surface area (Å²) in [4.78, 5) is 26.1. The Kier molecular flexibility index (Phi) is 7.90. The average molecular weight is 462 g/mol. The third-order valence-corrected chi connectivity index (χ3v) is 5.90. The zero-order chi connectivity index (χ0) is 21.5. The van der Waals surface area contributed by atoms with Crippen LogP contribution in [0.4, 0.5) is 0 Å². The fourth-order valence-electron chi connectivity index (χ4n) is 2.62. The maximum Gasteiger partial charge on any atom is 0.326 e. The monoisotopic (exact) mass is 461 g/mol. The lowest BCUT2D eigenvalue weighted by Gasteiger charge is -2.13. The molecule has 0 radical (unpaired) electrons. The highest BCUT2D eigenvalue weighted by molar-refractivity contribution is 8.26. The SMILES string of the molecule is CCCOC(=O)CN1C(=O)C(=Cc2ccc(OCc3ccccc3Cl)cc2)SC1=S. The zero-order valence-corrected chi connectivity index (χ0v) is 18.7. The van der Waals surface area contributed by atoms with E-state index >= 15 is 0 Å². The van der Waals surface area contributed by atoms with Gasteiger partial charge in [0, 0.05) is 10.6 Å². The van der Waals surface area contributed by atoms with Crippen LogP contribution in [-0.2, 0) is 20.9 Å². The Morgan fingerprint density at radius 1 is 1.20 bits per heavy atom. The smallest absolute Gasteiger partial charge is 0.326 e. The zero-order valence-electron chi connectivity index (χ0n) is 16.3. The number of thiocarbonyl (C=S) groups is 1. The quantitative estimate of drug-likeness (QED) is 0.310. The van der Waals surface area contributed by atoms with E-state index in [1.165, 1.54) is 16.7 Å². The van der Waals surface area contributed by atoms with Gasteiger partial charge in [0.05, 0.1) is 11.5 Å². The van der Waals surface area contributed by atoms with Crippen molar-refractivity contribution >= 4 is 57.9 Å². The van der Waals surface area contributed by atoms with Gasteiger partial charge in [-0.3, -0.25) is 14.5 Å². The lowest BCUT2D eigenvalue weighted by Crippen LogP contribution is -2.34. The number of nitrogens with zero attached hydrogens (tertiary/aromatic N) is 1. The van der Waals surface area contributed by atoms with Gasteiger partial charge in [0.25, 0.3) is 5.91 Å². The van der Waals surface area contributed by atoms with Crippen molar-refractivity contribution in [2.75, 3.05) is 13.2 Å². The highest BCUT2D eigenvalue weighted by Gasteiger charge is 2.33. The van der Waals surface area contributed by atoms with Gasteiger partial charge >= 0.3 is 5.97 Å². The molecule has 0 atom stereocenters. The van der Waals surface area contributed by atoms with E-state index in [0.29, 0.717) is 33.2 Å². The molecule has 0 bridgehead atoms. The molecule has 2 aromatic carbocycles. The molecular formula is C22H20ClNO4S2. The molecule has 0 unspecified atom stereocenters. The highest BCUT2D eigenvalue weighted by atomic mass is 35.5. The molecule has 0 aromatic heterocycles. The standard InChI is InChI=1S/C22H20ClNO4S2/c1-2-11-27-20(25)13-24-21(26)19(30-22(24)29)12-15-7-9-17(10-8-15)28-14-16-5-3-4-6-18(16)23/h3-10,12H,2,11,13-14H2,1H3. The summed E-state index contributed by atoms with van der Waals surface area (Å²) >= 11 is 12.6. The maximum atomic E-state index is 12.6. The van der Waals surface area contributed by atoms with E-state index < -0.39 is 5.97 Å². The Morgan fingerprint density at radius 2 is 1.93 bits per heavy atom. The summed E-state index contributed by atoms with van der Waals surface area (Å²) in [7, 11) is 0. The first-order chi connectivity index (χ1) is 14.5. The lowest BCUT2D eigenvalue weighted by atomic mass is 10.2. The fourth-order valence-corrected chi connectivity index (χ4v) is 4.06. The second-order valence-corrected chi connectivity index (χ2v) is 8.52. The number of halogens is 1. The normalized spacial score (nSPS) is 15.0. The molecule has 3 rings (SSSR count). The maximum absolute atomic E-state index is 12.6. The molecule has 1 aliphatic heterocycles. The highest BCUT2D eigenvalue weighted by Crippen LogP contribution is 2.32. The molecule has 2 aromatic rings. The van der Waals surface area contributed by atoms with Crippen LogP contribution in [0.15, 0.2) is 53.4 Å². The summed E-state index contributed by atoms with van der Waals surface area (Å²) in [6, 6.07) is 14.9. The Balaban J connectivity index is 1.61. The lowest BCUT2D eigenvalue weighted by molar-refractivity contribution is -0.146. The van der Waals surface area contributed by atoms with Gasteiger partial charge in [0.2, 0.25) is 0 Å². The van der Waals surface area contributed by atoms with Crippen molar-refractivity contribution in [2.24, 2.45) is 0 Å². The number of esters is 1. The molecule has 0 spiro atoms. The third-order valence-electron chi connectivity index (χ3n) is 4.16. The molecular weight excluding hydrogens is 442 g/mol. The largest absolute Gasteiger partial charge is 0.489 e. The van der Waals surface area contributed by atoms with Gasteiger partial charge < -0.3 is 9.47 Å². The van der Waals surface area contributed by atoms with Gasteiger partial charge in [-0.25, -0.2) is 0 Å². The summed E-state index contributed by atoms with van der Waals surface area (Å²) in [5.41, 5.74) is 1.73. The molecule has 0 saturated carbocycles. The third kappa shape index (κ3) is 5.84. The van der Waals surface area contributed by atoms with Crippen LogP contribution in [0.3, 0.4) is 0 Å². The predicted molar refractivity (Wildman–Crippen MR) is 123 cm³/mol. The van der Waals surface area contributed by atoms with Crippen LogP contribution in [0.2, 0.25) is 5.02 Å². The van der Waals surface area contributed by atoms with Crippen molar-refractivity contribution in [3.05, 3.63) is 69.6 Å². The van der Waals surface area contributed by atoms with Gasteiger partial charge in [-0.05, 0) is 36.3 Å². The Bertz CT molecular complexity index is 975. The second kappa shape index (κ2) is 10.6.